The molecule has 1 saturated carbocycles. The molecule has 5 rings (SSSR count). The zero-order valence-corrected chi connectivity index (χ0v) is 16.5. The van der Waals surface area contributed by atoms with Crippen molar-refractivity contribution in [1.29, 1.82) is 0 Å². The van der Waals surface area contributed by atoms with Crippen LogP contribution in [0.5, 0.6) is 11.5 Å². The molecule has 0 radical (unpaired) electrons. The molecular weight excluding hydrogens is 405 g/mol. The van der Waals surface area contributed by atoms with Crippen LogP contribution < -0.4 is 9.47 Å². The van der Waals surface area contributed by atoms with Gasteiger partial charge in [0.1, 0.15) is 4.33 Å². The van der Waals surface area contributed by atoms with Gasteiger partial charge in [-0.15, -0.1) is 33.4 Å². The molecule has 1 aliphatic carbocycles. The van der Waals surface area contributed by atoms with Crippen LogP contribution in [0.2, 0.25) is 0 Å². The van der Waals surface area contributed by atoms with Gasteiger partial charge in [0.25, 0.3) is 0 Å². The average Bonchev–Trinajstić information content (AvgIpc) is 3.07. The monoisotopic (exact) mass is 419 g/mol. The minimum Gasteiger partial charge on any atom is -0.454 e. The molecule has 8 heteroatoms. The number of para-hydroxylation sites is 1. The summed E-state index contributed by atoms with van der Waals surface area (Å²) in [5, 5.41) is 9.69. The van der Waals surface area contributed by atoms with Crippen LogP contribution in [0, 0.1) is 5.92 Å². The third-order valence-corrected chi connectivity index (χ3v) is 6.67. The van der Waals surface area contributed by atoms with Crippen molar-refractivity contribution in [2.45, 2.75) is 15.9 Å². The number of nitrogens with zero attached hydrogens (tertiary/aromatic N) is 3. The van der Waals surface area contributed by atoms with Gasteiger partial charge in [0.15, 0.2) is 22.5 Å². The normalized spacial score (nSPS) is 19.3. The number of aromatic nitrogens is 3. The van der Waals surface area contributed by atoms with E-state index < -0.39 is 4.33 Å². The zero-order valence-electron chi connectivity index (χ0n) is 14.1. The van der Waals surface area contributed by atoms with Crippen LogP contribution in [0.15, 0.2) is 53.7 Å². The Morgan fingerprint density at radius 1 is 1.07 bits per heavy atom. The van der Waals surface area contributed by atoms with Crippen molar-refractivity contribution in [2.75, 3.05) is 12.5 Å². The number of fused-ring (bicyclic) bond motifs is 1. The molecule has 1 unspecified atom stereocenters. The van der Waals surface area contributed by atoms with Crippen LogP contribution in [0.1, 0.15) is 6.42 Å². The first kappa shape index (κ1) is 17.2. The largest absolute Gasteiger partial charge is 0.454 e. The second kappa shape index (κ2) is 6.62. The second-order valence-corrected chi connectivity index (χ2v) is 9.05. The first-order valence-corrected chi connectivity index (χ1v) is 10.3. The van der Waals surface area contributed by atoms with E-state index in [1.54, 1.807) is 11.8 Å². The lowest BCUT2D eigenvalue weighted by Gasteiger charge is -2.10. The molecule has 1 fully saturated rings. The number of hydrogen-bond donors (Lipinski definition) is 0. The van der Waals surface area contributed by atoms with Crippen molar-refractivity contribution >= 4 is 35.0 Å². The topological polar surface area (TPSA) is 49.2 Å². The van der Waals surface area contributed by atoms with Gasteiger partial charge in [-0.05, 0) is 36.8 Å². The van der Waals surface area contributed by atoms with Crippen LogP contribution >= 0.6 is 35.0 Å². The Kier molecular flexibility index (Phi) is 4.22. The van der Waals surface area contributed by atoms with Crippen molar-refractivity contribution in [3.05, 3.63) is 48.5 Å². The maximum atomic E-state index is 6.17. The molecule has 0 amide bonds. The van der Waals surface area contributed by atoms with Crippen LogP contribution in [-0.2, 0) is 0 Å². The van der Waals surface area contributed by atoms with E-state index in [-0.39, 0.29) is 12.7 Å². The van der Waals surface area contributed by atoms with Crippen molar-refractivity contribution < 1.29 is 9.47 Å². The van der Waals surface area contributed by atoms with Gasteiger partial charge in [0.05, 0.1) is 0 Å². The van der Waals surface area contributed by atoms with E-state index in [0.29, 0.717) is 0 Å². The second-order valence-electron chi connectivity index (χ2n) is 6.52. The van der Waals surface area contributed by atoms with E-state index in [4.69, 9.17) is 32.7 Å². The predicted octanol–water partition coefficient (Wildman–Crippen LogP) is 4.95. The maximum absolute atomic E-state index is 6.17. The Morgan fingerprint density at radius 2 is 1.85 bits per heavy atom. The minimum absolute atomic E-state index is 0.241. The molecule has 1 atom stereocenters. The molecule has 2 aliphatic rings. The van der Waals surface area contributed by atoms with Crippen LogP contribution in [0.25, 0.3) is 17.1 Å². The Bertz CT molecular complexity index is 994. The van der Waals surface area contributed by atoms with Crippen molar-refractivity contribution in [3.63, 3.8) is 0 Å². The standard InChI is InChI=1S/C19H15Cl2N3O2S/c20-19(21)9-13(19)10-27-18-23-22-17(24(18)14-4-2-1-3-5-14)12-6-7-15-16(8-12)26-11-25-15/h1-8,13H,9-11H2. The first-order valence-electron chi connectivity index (χ1n) is 8.53. The Morgan fingerprint density at radius 3 is 2.63 bits per heavy atom. The van der Waals surface area contributed by atoms with Crippen LogP contribution in [-0.4, -0.2) is 31.6 Å². The molecule has 1 aromatic heterocycles. The Balaban J connectivity index is 1.53. The predicted molar refractivity (Wildman–Crippen MR) is 106 cm³/mol. The molecule has 2 aromatic carbocycles. The fourth-order valence-electron chi connectivity index (χ4n) is 3.02. The van der Waals surface area contributed by atoms with E-state index >= 15 is 0 Å². The summed E-state index contributed by atoms with van der Waals surface area (Å²) in [7, 11) is 0. The summed E-state index contributed by atoms with van der Waals surface area (Å²) in [5.41, 5.74) is 1.91. The van der Waals surface area contributed by atoms with E-state index in [2.05, 4.69) is 14.8 Å². The Labute approximate surface area is 170 Å². The smallest absolute Gasteiger partial charge is 0.231 e. The molecule has 0 spiro atoms. The van der Waals surface area contributed by atoms with Crippen molar-refractivity contribution in [3.8, 4) is 28.6 Å². The summed E-state index contributed by atoms with van der Waals surface area (Å²) in [4.78, 5) is 0. The summed E-state index contributed by atoms with van der Waals surface area (Å²) in [5.74, 6) is 3.30. The highest BCUT2D eigenvalue weighted by atomic mass is 35.5. The molecule has 2 heterocycles. The number of thioether (sulfide) groups is 1. The van der Waals surface area contributed by atoms with Crippen molar-refractivity contribution in [1.82, 2.24) is 14.8 Å². The zero-order chi connectivity index (χ0) is 18.4. The highest BCUT2D eigenvalue weighted by Gasteiger charge is 2.51. The molecule has 3 aromatic rings. The number of benzene rings is 2. The summed E-state index contributed by atoms with van der Waals surface area (Å²) < 4.78 is 12.4. The maximum Gasteiger partial charge on any atom is 0.231 e. The molecule has 27 heavy (non-hydrogen) atoms. The van der Waals surface area contributed by atoms with Gasteiger partial charge in [-0.25, -0.2) is 0 Å². The van der Waals surface area contributed by atoms with Gasteiger partial charge in [-0.2, -0.15) is 0 Å². The molecule has 0 N–H and O–H groups in total. The fourth-order valence-corrected chi connectivity index (χ4v) is 4.90. The minimum atomic E-state index is -0.593. The molecule has 5 nitrogen and oxygen atoms in total. The van der Waals surface area contributed by atoms with Gasteiger partial charge in [-0.1, -0.05) is 30.0 Å². The SMILES string of the molecule is ClC1(Cl)CC1CSc1nnc(-c2ccc3c(c2)OCO3)n1-c1ccccc1. The molecule has 0 saturated heterocycles. The lowest BCUT2D eigenvalue weighted by atomic mass is 10.2. The number of halogens is 2. The third-order valence-electron chi connectivity index (χ3n) is 4.65. The molecule has 1 aliphatic heterocycles. The number of ether oxygens (including phenoxy) is 2. The van der Waals surface area contributed by atoms with Gasteiger partial charge >= 0.3 is 0 Å². The third kappa shape index (κ3) is 3.26. The van der Waals surface area contributed by atoms with E-state index in [0.717, 1.165) is 45.9 Å². The highest BCUT2D eigenvalue weighted by molar-refractivity contribution is 7.99. The molecule has 138 valence electrons. The Hall–Kier alpha value is -1.89. The number of rotatable bonds is 5. The summed E-state index contributed by atoms with van der Waals surface area (Å²) >= 11 is 14.0. The molecular formula is C19H15Cl2N3O2S. The summed E-state index contributed by atoms with van der Waals surface area (Å²) in [6.07, 6.45) is 0.817. The van der Waals surface area contributed by atoms with E-state index in [1.165, 1.54) is 0 Å². The van der Waals surface area contributed by atoms with Crippen LogP contribution in [0.4, 0.5) is 0 Å². The van der Waals surface area contributed by atoms with Gasteiger partial charge in [0.2, 0.25) is 6.79 Å². The first-order chi connectivity index (χ1) is 13.1. The van der Waals surface area contributed by atoms with E-state index in [1.807, 2.05) is 48.5 Å². The summed E-state index contributed by atoms with van der Waals surface area (Å²) in [6.45, 7) is 0.241. The van der Waals surface area contributed by atoms with Gasteiger partial charge in [0, 0.05) is 22.9 Å². The van der Waals surface area contributed by atoms with Crippen molar-refractivity contribution in [2.24, 2.45) is 5.92 Å². The van der Waals surface area contributed by atoms with Gasteiger partial charge in [-0.3, -0.25) is 4.57 Å². The lowest BCUT2D eigenvalue weighted by molar-refractivity contribution is 0.174. The van der Waals surface area contributed by atoms with Gasteiger partial charge < -0.3 is 9.47 Å². The molecule has 0 bridgehead atoms. The fraction of sp³-hybridized carbons (Fsp3) is 0.263. The average molecular weight is 420 g/mol. The number of hydrogen-bond acceptors (Lipinski definition) is 5. The van der Waals surface area contributed by atoms with E-state index in [9.17, 15) is 0 Å². The number of alkyl halides is 2. The highest BCUT2D eigenvalue weighted by Crippen LogP contribution is 2.54. The summed E-state index contributed by atoms with van der Waals surface area (Å²) in [6, 6.07) is 15.9. The van der Waals surface area contributed by atoms with Crippen LogP contribution in [0.3, 0.4) is 0 Å². The lowest BCUT2D eigenvalue weighted by Crippen LogP contribution is -2.01. The quantitative estimate of drug-likeness (QED) is 0.432.